The molecule has 1 heterocycles. The van der Waals surface area contributed by atoms with Gasteiger partial charge in [-0.2, -0.15) is 0 Å². The fourth-order valence-electron chi connectivity index (χ4n) is 2.80. The van der Waals surface area contributed by atoms with Crippen LogP contribution in [0.3, 0.4) is 0 Å². The van der Waals surface area contributed by atoms with Crippen molar-refractivity contribution in [3.63, 3.8) is 0 Å². The lowest BCUT2D eigenvalue weighted by Gasteiger charge is -2.16. The maximum absolute atomic E-state index is 12.1. The van der Waals surface area contributed by atoms with Gasteiger partial charge in [-0.25, -0.2) is 0 Å². The van der Waals surface area contributed by atoms with Crippen LogP contribution in [-0.2, 0) is 16.0 Å². The number of unbranched alkanes of at least 4 members (excludes halogenated alkanes) is 2. The van der Waals surface area contributed by atoms with E-state index in [1.165, 1.54) is 5.56 Å². The van der Waals surface area contributed by atoms with E-state index in [9.17, 15) is 9.59 Å². The van der Waals surface area contributed by atoms with Crippen molar-refractivity contribution in [2.75, 3.05) is 19.6 Å². The van der Waals surface area contributed by atoms with Crippen LogP contribution in [-0.4, -0.2) is 36.3 Å². The molecule has 1 unspecified atom stereocenters. The van der Waals surface area contributed by atoms with Crippen molar-refractivity contribution in [2.45, 2.75) is 39.0 Å². The molecule has 0 spiro atoms. The Kier molecular flexibility index (Phi) is 6.44. The number of nitrogens with zero attached hydrogens (tertiary/aromatic N) is 1. The quantitative estimate of drug-likeness (QED) is 0.750. The number of likely N-dealkylation sites (tertiary alicyclic amines) is 1. The minimum absolute atomic E-state index is 0.0339. The van der Waals surface area contributed by atoms with Crippen LogP contribution in [0.4, 0.5) is 0 Å². The zero-order valence-electron chi connectivity index (χ0n) is 13.4. The van der Waals surface area contributed by atoms with Gasteiger partial charge in [0.2, 0.25) is 11.8 Å². The van der Waals surface area contributed by atoms with Crippen molar-refractivity contribution in [3.8, 4) is 0 Å². The molecule has 0 aromatic heterocycles. The van der Waals surface area contributed by atoms with Gasteiger partial charge in [0.25, 0.3) is 0 Å². The van der Waals surface area contributed by atoms with E-state index in [0.29, 0.717) is 19.5 Å². The average Bonchev–Trinajstić information content (AvgIpc) is 2.91. The Labute approximate surface area is 132 Å². The summed E-state index contributed by atoms with van der Waals surface area (Å²) in [5, 5.41) is 2.96. The average molecular weight is 302 g/mol. The van der Waals surface area contributed by atoms with Gasteiger partial charge in [0.05, 0.1) is 5.92 Å². The van der Waals surface area contributed by atoms with Crippen molar-refractivity contribution in [3.05, 3.63) is 35.9 Å². The molecule has 0 saturated carbocycles. The molecule has 1 fully saturated rings. The van der Waals surface area contributed by atoms with Crippen molar-refractivity contribution < 1.29 is 9.59 Å². The SMILES string of the molecule is CCCCCNC(=O)C1CC(=O)N(CCc2ccccc2)C1. The zero-order valence-corrected chi connectivity index (χ0v) is 13.4. The molecule has 4 heteroatoms. The van der Waals surface area contributed by atoms with E-state index in [1.54, 1.807) is 0 Å². The lowest BCUT2D eigenvalue weighted by atomic mass is 10.1. The molecule has 2 amide bonds. The molecule has 2 rings (SSSR count). The lowest BCUT2D eigenvalue weighted by Crippen LogP contribution is -2.34. The smallest absolute Gasteiger partial charge is 0.225 e. The van der Waals surface area contributed by atoms with Gasteiger partial charge in [-0.1, -0.05) is 50.1 Å². The molecule has 120 valence electrons. The van der Waals surface area contributed by atoms with Gasteiger partial charge in [0.15, 0.2) is 0 Å². The lowest BCUT2D eigenvalue weighted by molar-refractivity contribution is -0.129. The van der Waals surface area contributed by atoms with E-state index < -0.39 is 0 Å². The highest BCUT2D eigenvalue weighted by molar-refractivity contribution is 5.89. The van der Waals surface area contributed by atoms with Gasteiger partial charge in [0, 0.05) is 26.1 Å². The van der Waals surface area contributed by atoms with Crippen LogP contribution < -0.4 is 5.32 Å². The monoisotopic (exact) mass is 302 g/mol. The normalized spacial score (nSPS) is 17.8. The molecule has 0 radical (unpaired) electrons. The molecule has 1 aliphatic heterocycles. The molecule has 1 aromatic rings. The first-order valence-corrected chi connectivity index (χ1v) is 8.30. The van der Waals surface area contributed by atoms with E-state index in [4.69, 9.17) is 0 Å². The van der Waals surface area contributed by atoms with Crippen LogP contribution in [0.1, 0.15) is 38.2 Å². The third-order valence-corrected chi connectivity index (χ3v) is 4.18. The first-order chi connectivity index (χ1) is 10.7. The zero-order chi connectivity index (χ0) is 15.8. The maximum Gasteiger partial charge on any atom is 0.225 e. The third kappa shape index (κ3) is 4.86. The summed E-state index contributed by atoms with van der Waals surface area (Å²) >= 11 is 0. The number of amides is 2. The van der Waals surface area contributed by atoms with Gasteiger partial charge in [0.1, 0.15) is 0 Å². The fourth-order valence-corrected chi connectivity index (χ4v) is 2.80. The first kappa shape index (κ1) is 16.5. The predicted molar refractivity (Wildman–Crippen MR) is 87.4 cm³/mol. The Morgan fingerprint density at radius 3 is 2.77 bits per heavy atom. The molecule has 1 saturated heterocycles. The number of carbonyl (C=O) groups excluding carboxylic acids is 2. The molecule has 4 nitrogen and oxygen atoms in total. The summed E-state index contributed by atoms with van der Waals surface area (Å²) in [5.41, 5.74) is 1.22. The molecule has 0 aliphatic carbocycles. The molecule has 1 aromatic carbocycles. The number of hydrogen-bond donors (Lipinski definition) is 1. The van der Waals surface area contributed by atoms with E-state index in [-0.39, 0.29) is 17.7 Å². The molecular formula is C18H26N2O2. The standard InChI is InChI=1S/C18H26N2O2/c1-2-3-7-11-19-18(22)16-13-17(21)20(14-16)12-10-15-8-5-4-6-9-15/h4-6,8-9,16H,2-3,7,10-14H2,1H3,(H,19,22). The largest absolute Gasteiger partial charge is 0.356 e. The fraction of sp³-hybridized carbons (Fsp3) is 0.556. The van der Waals surface area contributed by atoms with Crippen molar-refractivity contribution in [2.24, 2.45) is 5.92 Å². The summed E-state index contributed by atoms with van der Waals surface area (Å²) in [6.07, 6.45) is 4.49. The van der Waals surface area contributed by atoms with Gasteiger partial charge in [-0.3, -0.25) is 9.59 Å². The van der Waals surface area contributed by atoms with Crippen LogP contribution in [0, 0.1) is 5.92 Å². The number of carbonyl (C=O) groups is 2. The Morgan fingerprint density at radius 2 is 2.05 bits per heavy atom. The van der Waals surface area contributed by atoms with Gasteiger partial charge >= 0.3 is 0 Å². The summed E-state index contributed by atoms with van der Waals surface area (Å²) in [7, 11) is 0. The van der Waals surface area contributed by atoms with Gasteiger partial charge in [-0.15, -0.1) is 0 Å². The minimum Gasteiger partial charge on any atom is -0.356 e. The van der Waals surface area contributed by atoms with Crippen LogP contribution in [0.25, 0.3) is 0 Å². The van der Waals surface area contributed by atoms with Crippen LogP contribution >= 0.6 is 0 Å². The summed E-state index contributed by atoms with van der Waals surface area (Å²) in [6, 6.07) is 10.1. The second kappa shape index (κ2) is 8.57. The molecule has 22 heavy (non-hydrogen) atoms. The third-order valence-electron chi connectivity index (χ3n) is 4.18. The molecule has 1 atom stereocenters. The second-order valence-electron chi connectivity index (χ2n) is 5.97. The van der Waals surface area contributed by atoms with E-state index >= 15 is 0 Å². The summed E-state index contributed by atoms with van der Waals surface area (Å²) < 4.78 is 0. The number of benzene rings is 1. The highest BCUT2D eigenvalue weighted by Gasteiger charge is 2.33. The van der Waals surface area contributed by atoms with Gasteiger partial charge < -0.3 is 10.2 Å². The van der Waals surface area contributed by atoms with E-state index in [1.807, 2.05) is 23.1 Å². The molecule has 0 bridgehead atoms. The van der Waals surface area contributed by atoms with E-state index in [2.05, 4.69) is 24.4 Å². The van der Waals surface area contributed by atoms with Crippen LogP contribution in [0.15, 0.2) is 30.3 Å². The van der Waals surface area contributed by atoms with Gasteiger partial charge in [-0.05, 0) is 18.4 Å². The molecule has 1 aliphatic rings. The molecule has 1 N–H and O–H groups in total. The Bertz CT molecular complexity index is 487. The number of hydrogen-bond acceptors (Lipinski definition) is 2. The highest BCUT2D eigenvalue weighted by Crippen LogP contribution is 2.18. The second-order valence-corrected chi connectivity index (χ2v) is 5.97. The topological polar surface area (TPSA) is 49.4 Å². The number of nitrogens with one attached hydrogen (secondary N) is 1. The first-order valence-electron chi connectivity index (χ1n) is 8.30. The summed E-state index contributed by atoms with van der Waals surface area (Å²) in [4.78, 5) is 25.9. The maximum atomic E-state index is 12.1. The van der Waals surface area contributed by atoms with Crippen molar-refractivity contribution in [1.29, 1.82) is 0 Å². The Hall–Kier alpha value is -1.84. The minimum atomic E-state index is -0.176. The number of rotatable bonds is 8. The Morgan fingerprint density at radius 1 is 1.27 bits per heavy atom. The predicted octanol–water partition coefficient (Wildman–Crippen LogP) is 2.38. The summed E-state index contributed by atoms with van der Waals surface area (Å²) in [5.74, 6) is -0.0406. The van der Waals surface area contributed by atoms with Crippen molar-refractivity contribution in [1.82, 2.24) is 10.2 Å². The summed E-state index contributed by atoms with van der Waals surface area (Å²) in [6.45, 7) is 4.12. The molecular weight excluding hydrogens is 276 g/mol. The van der Waals surface area contributed by atoms with Crippen molar-refractivity contribution >= 4 is 11.8 Å². The highest BCUT2D eigenvalue weighted by atomic mass is 16.2. The Balaban J connectivity index is 1.74. The van der Waals surface area contributed by atoms with E-state index in [0.717, 1.165) is 32.2 Å². The van der Waals surface area contributed by atoms with Crippen LogP contribution in [0.5, 0.6) is 0 Å². The van der Waals surface area contributed by atoms with Crippen LogP contribution in [0.2, 0.25) is 0 Å².